The molecule has 5 unspecified atom stereocenters. The van der Waals surface area contributed by atoms with Gasteiger partial charge in [-0.3, -0.25) is 9.59 Å². The lowest BCUT2D eigenvalue weighted by molar-refractivity contribution is -0.154. The van der Waals surface area contributed by atoms with E-state index in [1.54, 1.807) is 0 Å². The molecule has 5 atom stereocenters. The summed E-state index contributed by atoms with van der Waals surface area (Å²) >= 11 is 0. The number of aliphatic hydroxyl groups is 4. The van der Waals surface area contributed by atoms with E-state index in [1.165, 1.54) is 6.92 Å². The SMILES string of the molecule is CC(=O)CC(=O)OC(CC(O)CC(O)CC(O)CC(C)(C)C)CC(O)C(C)(C)C. The summed E-state index contributed by atoms with van der Waals surface area (Å²) in [5.74, 6) is -1.02. The molecule has 0 spiro atoms. The average Bonchev–Trinajstić information content (AvgIpc) is 2.41. The summed E-state index contributed by atoms with van der Waals surface area (Å²) < 4.78 is 5.32. The minimum absolute atomic E-state index is 0.0214. The van der Waals surface area contributed by atoms with Crippen LogP contribution < -0.4 is 0 Å². The van der Waals surface area contributed by atoms with E-state index >= 15 is 0 Å². The van der Waals surface area contributed by atoms with E-state index < -0.39 is 41.9 Å². The summed E-state index contributed by atoms with van der Waals surface area (Å²) in [5, 5.41) is 41.0. The highest BCUT2D eigenvalue weighted by atomic mass is 16.5. The molecule has 0 radical (unpaired) electrons. The molecule has 0 heterocycles. The molecule has 0 bridgehead atoms. The van der Waals surface area contributed by atoms with Gasteiger partial charge in [0.15, 0.2) is 0 Å². The number of esters is 1. The maximum atomic E-state index is 11.9. The van der Waals surface area contributed by atoms with Crippen LogP contribution >= 0.6 is 0 Å². The van der Waals surface area contributed by atoms with E-state index in [4.69, 9.17) is 4.74 Å². The van der Waals surface area contributed by atoms with Gasteiger partial charge in [-0.1, -0.05) is 41.5 Å². The van der Waals surface area contributed by atoms with Crippen molar-refractivity contribution in [2.75, 3.05) is 0 Å². The van der Waals surface area contributed by atoms with Gasteiger partial charge < -0.3 is 25.2 Å². The molecule has 0 aliphatic heterocycles. The number of ether oxygens (including phenoxy) is 1. The molecule has 0 aromatic carbocycles. The molecule has 172 valence electrons. The molecule has 0 aromatic rings. The number of carbonyl (C=O) groups is 2. The van der Waals surface area contributed by atoms with Gasteiger partial charge in [-0.05, 0) is 37.0 Å². The fraction of sp³-hybridized carbons (Fsp3) is 0.909. The van der Waals surface area contributed by atoms with Gasteiger partial charge in [0.05, 0.1) is 24.4 Å². The largest absolute Gasteiger partial charge is 0.462 e. The Kier molecular flexibility index (Phi) is 11.6. The van der Waals surface area contributed by atoms with Crippen LogP contribution in [0.5, 0.6) is 0 Å². The first-order valence-electron chi connectivity index (χ1n) is 10.4. The monoisotopic (exact) mass is 418 g/mol. The van der Waals surface area contributed by atoms with Crippen molar-refractivity contribution < 1.29 is 34.8 Å². The maximum absolute atomic E-state index is 11.9. The fourth-order valence-electron chi connectivity index (χ4n) is 3.14. The number of hydrogen-bond acceptors (Lipinski definition) is 7. The Morgan fingerprint density at radius 1 is 0.793 bits per heavy atom. The number of aliphatic hydroxyl groups excluding tert-OH is 4. The van der Waals surface area contributed by atoms with Crippen molar-refractivity contribution in [2.45, 2.75) is 118 Å². The second-order valence-electron chi connectivity index (χ2n) is 10.5. The van der Waals surface area contributed by atoms with Crippen molar-refractivity contribution in [2.24, 2.45) is 10.8 Å². The summed E-state index contributed by atoms with van der Waals surface area (Å²) in [4.78, 5) is 23.0. The van der Waals surface area contributed by atoms with Crippen molar-refractivity contribution in [1.29, 1.82) is 0 Å². The number of ketones is 1. The molecule has 7 nitrogen and oxygen atoms in total. The summed E-state index contributed by atoms with van der Waals surface area (Å²) in [5.41, 5.74) is -0.510. The molecule has 0 aliphatic rings. The second-order valence-corrected chi connectivity index (χ2v) is 10.5. The summed E-state index contributed by atoms with van der Waals surface area (Å²) in [6, 6.07) is 0. The highest BCUT2D eigenvalue weighted by Crippen LogP contribution is 2.27. The molecular weight excluding hydrogens is 376 g/mol. The lowest BCUT2D eigenvalue weighted by Crippen LogP contribution is -2.35. The smallest absolute Gasteiger partial charge is 0.313 e. The van der Waals surface area contributed by atoms with Gasteiger partial charge >= 0.3 is 5.97 Å². The van der Waals surface area contributed by atoms with Gasteiger partial charge in [0, 0.05) is 12.8 Å². The summed E-state index contributed by atoms with van der Waals surface area (Å²) in [7, 11) is 0. The third kappa shape index (κ3) is 14.6. The Morgan fingerprint density at radius 3 is 1.72 bits per heavy atom. The van der Waals surface area contributed by atoms with Crippen LogP contribution in [0.15, 0.2) is 0 Å². The van der Waals surface area contributed by atoms with Crippen molar-refractivity contribution in [3.63, 3.8) is 0 Å². The van der Waals surface area contributed by atoms with Crippen LogP contribution in [-0.4, -0.2) is 62.7 Å². The number of hydrogen-bond donors (Lipinski definition) is 4. The van der Waals surface area contributed by atoms with E-state index in [9.17, 15) is 30.0 Å². The Morgan fingerprint density at radius 2 is 1.28 bits per heavy atom. The fourth-order valence-corrected chi connectivity index (χ4v) is 3.14. The molecule has 0 saturated heterocycles. The molecular formula is C22H42O7. The lowest BCUT2D eigenvalue weighted by atomic mass is 9.84. The van der Waals surface area contributed by atoms with Crippen LogP contribution in [0.4, 0.5) is 0 Å². The predicted molar refractivity (Wildman–Crippen MR) is 111 cm³/mol. The van der Waals surface area contributed by atoms with Crippen LogP contribution in [0.3, 0.4) is 0 Å². The molecule has 7 heteroatoms. The van der Waals surface area contributed by atoms with Gasteiger partial charge in [0.25, 0.3) is 0 Å². The highest BCUT2D eigenvalue weighted by molar-refractivity contribution is 5.94. The van der Waals surface area contributed by atoms with Crippen LogP contribution in [0.1, 0.15) is 87.0 Å². The zero-order valence-corrected chi connectivity index (χ0v) is 19.1. The molecule has 0 aliphatic carbocycles. The Labute approximate surface area is 175 Å². The van der Waals surface area contributed by atoms with Gasteiger partial charge in [0.2, 0.25) is 0 Å². The standard InChI is InChI=1S/C22H42O7/c1-14(23)8-20(28)29-18(12-19(27)22(5,6)7)11-16(25)9-15(24)10-17(26)13-21(2,3)4/h15-19,24-27H,8-13H2,1-7H3. The lowest BCUT2D eigenvalue weighted by Gasteiger charge is -2.30. The first-order valence-corrected chi connectivity index (χ1v) is 10.4. The molecule has 0 amide bonds. The quantitative estimate of drug-likeness (QED) is 0.283. The molecule has 0 fully saturated rings. The predicted octanol–water partition coefficient (Wildman–Crippen LogP) is 2.36. The Bertz CT molecular complexity index is 504. The molecule has 0 aromatic heterocycles. The second kappa shape index (κ2) is 12.0. The molecule has 0 saturated carbocycles. The minimum Gasteiger partial charge on any atom is -0.462 e. The number of carbonyl (C=O) groups excluding carboxylic acids is 2. The third-order valence-corrected chi connectivity index (χ3v) is 4.65. The van der Waals surface area contributed by atoms with E-state index in [-0.39, 0.29) is 43.3 Å². The van der Waals surface area contributed by atoms with Gasteiger partial charge in [0.1, 0.15) is 18.3 Å². The van der Waals surface area contributed by atoms with Crippen LogP contribution in [-0.2, 0) is 14.3 Å². The normalized spacial score (nSPS) is 17.9. The van der Waals surface area contributed by atoms with Crippen molar-refractivity contribution in [3.05, 3.63) is 0 Å². The van der Waals surface area contributed by atoms with Crippen LogP contribution in [0.25, 0.3) is 0 Å². The summed E-state index contributed by atoms with van der Waals surface area (Å²) in [6.07, 6.45) is -3.62. The first kappa shape index (κ1) is 28.0. The molecule has 29 heavy (non-hydrogen) atoms. The topological polar surface area (TPSA) is 124 Å². The van der Waals surface area contributed by atoms with E-state index in [2.05, 4.69) is 0 Å². The zero-order chi connectivity index (χ0) is 23.0. The number of Topliss-reactive ketones (excluding diaryl/α,β-unsaturated/α-hetero) is 1. The third-order valence-electron chi connectivity index (χ3n) is 4.65. The van der Waals surface area contributed by atoms with Crippen molar-refractivity contribution in [3.8, 4) is 0 Å². The minimum atomic E-state index is -0.978. The summed E-state index contributed by atoms with van der Waals surface area (Å²) in [6.45, 7) is 12.8. The van der Waals surface area contributed by atoms with Gasteiger partial charge in [-0.15, -0.1) is 0 Å². The first-order chi connectivity index (χ1) is 13.0. The zero-order valence-electron chi connectivity index (χ0n) is 19.1. The molecule has 0 rings (SSSR count). The molecule has 4 N–H and O–H groups in total. The van der Waals surface area contributed by atoms with Gasteiger partial charge in [-0.2, -0.15) is 0 Å². The van der Waals surface area contributed by atoms with Crippen molar-refractivity contribution >= 4 is 11.8 Å². The highest BCUT2D eigenvalue weighted by Gasteiger charge is 2.30. The van der Waals surface area contributed by atoms with Crippen LogP contribution in [0.2, 0.25) is 0 Å². The van der Waals surface area contributed by atoms with E-state index in [1.807, 2.05) is 41.5 Å². The maximum Gasteiger partial charge on any atom is 0.313 e. The Balaban J connectivity index is 4.84. The van der Waals surface area contributed by atoms with Crippen molar-refractivity contribution in [1.82, 2.24) is 0 Å². The average molecular weight is 419 g/mol. The Hall–Kier alpha value is -1.02. The van der Waals surface area contributed by atoms with E-state index in [0.29, 0.717) is 6.42 Å². The number of rotatable bonds is 12. The van der Waals surface area contributed by atoms with Gasteiger partial charge in [-0.25, -0.2) is 0 Å². The van der Waals surface area contributed by atoms with Crippen LogP contribution in [0, 0.1) is 10.8 Å². The van der Waals surface area contributed by atoms with E-state index in [0.717, 1.165) is 0 Å².